The number of anilines is 3. The van der Waals surface area contributed by atoms with Crippen molar-refractivity contribution < 1.29 is 4.74 Å². The van der Waals surface area contributed by atoms with Crippen LogP contribution < -0.4 is 21.1 Å². The number of aromatic nitrogens is 2. The maximum Gasteiger partial charge on any atom is 0.130 e. The molecular weight excluding hydrogens is 242 g/mol. The molecule has 0 aromatic carbocycles. The van der Waals surface area contributed by atoms with Gasteiger partial charge >= 0.3 is 0 Å². The van der Waals surface area contributed by atoms with Gasteiger partial charge in [-0.1, -0.05) is 0 Å². The quantitative estimate of drug-likeness (QED) is 0.859. The van der Waals surface area contributed by atoms with Gasteiger partial charge in [-0.3, -0.25) is 4.98 Å². The van der Waals surface area contributed by atoms with Gasteiger partial charge < -0.3 is 21.1 Å². The van der Waals surface area contributed by atoms with E-state index in [9.17, 15) is 0 Å². The Morgan fingerprint density at radius 1 is 1.21 bits per heavy atom. The van der Waals surface area contributed by atoms with Gasteiger partial charge in [0.2, 0.25) is 0 Å². The molecule has 2 aromatic heterocycles. The largest absolute Gasteiger partial charge is 0.497 e. The van der Waals surface area contributed by atoms with Crippen molar-refractivity contribution in [3.8, 4) is 5.75 Å². The lowest BCUT2D eigenvalue weighted by atomic mass is 10.3. The molecule has 100 valence electrons. The highest BCUT2D eigenvalue weighted by Crippen LogP contribution is 2.20. The molecule has 6 heteroatoms. The van der Waals surface area contributed by atoms with Crippen molar-refractivity contribution in [2.45, 2.75) is 6.54 Å². The molecular formula is C13H17N5O. The highest BCUT2D eigenvalue weighted by Gasteiger charge is 2.07. The highest BCUT2D eigenvalue weighted by atomic mass is 16.5. The lowest BCUT2D eigenvalue weighted by molar-refractivity contribution is 0.413. The van der Waals surface area contributed by atoms with Crippen molar-refractivity contribution in [1.82, 2.24) is 9.97 Å². The first kappa shape index (κ1) is 12.9. The standard InChI is InChI=1S/C13H17N5O/c1-18(13-6-11(14)12(15)7-17-13)8-9-5-10(19-2)3-4-16-9/h3-7H,8,15H2,1-2H3,(H2,14,17). The van der Waals surface area contributed by atoms with Crippen LogP contribution in [-0.2, 0) is 6.54 Å². The Hall–Kier alpha value is -2.50. The zero-order valence-electron chi connectivity index (χ0n) is 11.0. The molecule has 0 saturated heterocycles. The predicted molar refractivity (Wildman–Crippen MR) is 76.0 cm³/mol. The van der Waals surface area contributed by atoms with Gasteiger partial charge in [0, 0.05) is 25.4 Å². The Labute approximate surface area is 112 Å². The third-order valence-electron chi connectivity index (χ3n) is 2.77. The average molecular weight is 259 g/mol. The number of nitrogen functional groups attached to an aromatic ring is 2. The van der Waals surface area contributed by atoms with Crippen LogP contribution in [0.5, 0.6) is 5.75 Å². The average Bonchev–Trinajstić information content (AvgIpc) is 2.42. The minimum atomic E-state index is 0.483. The van der Waals surface area contributed by atoms with Gasteiger partial charge in [-0.25, -0.2) is 4.98 Å². The number of pyridine rings is 2. The van der Waals surface area contributed by atoms with Crippen LogP contribution in [0, 0.1) is 0 Å². The molecule has 2 rings (SSSR count). The molecule has 0 unspecified atom stereocenters. The molecule has 4 N–H and O–H groups in total. The smallest absolute Gasteiger partial charge is 0.130 e. The summed E-state index contributed by atoms with van der Waals surface area (Å²) in [7, 11) is 3.55. The van der Waals surface area contributed by atoms with Crippen molar-refractivity contribution in [2.24, 2.45) is 0 Å². The van der Waals surface area contributed by atoms with E-state index in [-0.39, 0.29) is 0 Å². The molecule has 0 aliphatic carbocycles. The van der Waals surface area contributed by atoms with Gasteiger partial charge in [0.25, 0.3) is 0 Å². The Balaban J connectivity index is 2.15. The van der Waals surface area contributed by atoms with Crippen LogP contribution in [0.4, 0.5) is 17.2 Å². The summed E-state index contributed by atoms with van der Waals surface area (Å²) in [5.41, 5.74) is 13.3. The minimum Gasteiger partial charge on any atom is -0.497 e. The van der Waals surface area contributed by atoms with E-state index < -0.39 is 0 Å². The molecule has 0 radical (unpaired) electrons. The molecule has 0 aliphatic rings. The number of ether oxygens (including phenoxy) is 1. The van der Waals surface area contributed by atoms with E-state index in [1.165, 1.54) is 0 Å². The Kier molecular flexibility index (Phi) is 3.70. The summed E-state index contributed by atoms with van der Waals surface area (Å²) in [6.07, 6.45) is 3.27. The van der Waals surface area contributed by atoms with Gasteiger partial charge in [0.15, 0.2) is 0 Å². The van der Waals surface area contributed by atoms with Crippen LogP contribution in [0.1, 0.15) is 5.69 Å². The monoisotopic (exact) mass is 259 g/mol. The molecule has 0 amide bonds. The molecule has 0 saturated carbocycles. The maximum atomic E-state index is 5.77. The van der Waals surface area contributed by atoms with Crippen LogP contribution in [0.2, 0.25) is 0 Å². The molecule has 2 aromatic rings. The first-order chi connectivity index (χ1) is 9.10. The first-order valence-electron chi connectivity index (χ1n) is 5.81. The number of rotatable bonds is 4. The summed E-state index contributed by atoms with van der Waals surface area (Å²) >= 11 is 0. The molecule has 0 atom stereocenters. The lowest BCUT2D eigenvalue weighted by Gasteiger charge is -2.18. The van der Waals surface area contributed by atoms with Crippen LogP contribution >= 0.6 is 0 Å². The fourth-order valence-electron chi connectivity index (χ4n) is 1.67. The van der Waals surface area contributed by atoms with Gasteiger partial charge in [0.1, 0.15) is 11.6 Å². The predicted octanol–water partition coefficient (Wildman–Crippen LogP) is 1.29. The fraction of sp³-hybridized carbons (Fsp3) is 0.231. The SMILES string of the molecule is COc1ccnc(CN(C)c2cc(N)c(N)cn2)c1. The third kappa shape index (κ3) is 3.04. The summed E-state index contributed by atoms with van der Waals surface area (Å²) in [4.78, 5) is 10.5. The molecule has 0 fully saturated rings. The molecule has 0 spiro atoms. The Morgan fingerprint density at radius 3 is 2.68 bits per heavy atom. The van der Waals surface area contributed by atoms with Gasteiger partial charge in [-0.05, 0) is 6.07 Å². The fourth-order valence-corrected chi connectivity index (χ4v) is 1.67. The zero-order chi connectivity index (χ0) is 13.8. The Morgan fingerprint density at radius 2 is 2.00 bits per heavy atom. The second kappa shape index (κ2) is 5.43. The maximum absolute atomic E-state index is 5.77. The second-order valence-corrected chi connectivity index (χ2v) is 4.21. The number of hydrogen-bond acceptors (Lipinski definition) is 6. The first-order valence-corrected chi connectivity index (χ1v) is 5.81. The highest BCUT2D eigenvalue weighted by molar-refractivity contribution is 5.66. The Bertz CT molecular complexity index is 573. The number of methoxy groups -OCH3 is 1. The molecule has 19 heavy (non-hydrogen) atoms. The van der Waals surface area contributed by atoms with Crippen molar-refractivity contribution in [3.63, 3.8) is 0 Å². The van der Waals surface area contributed by atoms with Crippen molar-refractivity contribution in [1.29, 1.82) is 0 Å². The van der Waals surface area contributed by atoms with Gasteiger partial charge in [-0.2, -0.15) is 0 Å². The van der Waals surface area contributed by atoms with E-state index in [1.807, 2.05) is 24.1 Å². The van der Waals surface area contributed by atoms with E-state index in [1.54, 1.807) is 25.6 Å². The molecule has 6 nitrogen and oxygen atoms in total. The van der Waals surface area contributed by atoms with E-state index in [4.69, 9.17) is 16.2 Å². The van der Waals surface area contributed by atoms with Gasteiger partial charge in [-0.15, -0.1) is 0 Å². The van der Waals surface area contributed by atoms with E-state index in [0.717, 1.165) is 17.3 Å². The minimum absolute atomic E-state index is 0.483. The van der Waals surface area contributed by atoms with Crippen LogP contribution in [0.3, 0.4) is 0 Å². The summed E-state index contributed by atoms with van der Waals surface area (Å²) < 4.78 is 5.17. The van der Waals surface area contributed by atoms with Crippen LogP contribution in [0.25, 0.3) is 0 Å². The lowest BCUT2D eigenvalue weighted by Crippen LogP contribution is -2.18. The summed E-state index contributed by atoms with van der Waals surface area (Å²) in [5, 5.41) is 0. The van der Waals surface area contributed by atoms with Crippen molar-refractivity contribution >= 4 is 17.2 Å². The molecule has 2 heterocycles. The summed E-state index contributed by atoms with van der Waals surface area (Å²) in [6, 6.07) is 5.44. The van der Waals surface area contributed by atoms with Crippen LogP contribution in [0.15, 0.2) is 30.6 Å². The van der Waals surface area contributed by atoms with Crippen LogP contribution in [-0.4, -0.2) is 24.1 Å². The summed E-state index contributed by atoms with van der Waals surface area (Å²) in [6.45, 7) is 0.605. The van der Waals surface area contributed by atoms with E-state index >= 15 is 0 Å². The molecule has 0 aliphatic heterocycles. The second-order valence-electron chi connectivity index (χ2n) is 4.21. The third-order valence-corrected chi connectivity index (χ3v) is 2.77. The van der Waals surface area contributed by atoms with Crippen molar-refractivity contribution in [2.75, 3.05) is 30.5 Å². The number of nitrogens with two attached hydrogens (primary N) is 2. The topological polar surface area (TPSA) is 90.3 Å². The van der Waals surface area contributed by atoms with E-state index in [2.05, 4.69) is 9.97 Å². The van der Waals surface area contributed by atoms with E-state index in [0.29, 0.717) is 17.9 Å². The number of hydrogen-bond donors (Lipinski definition) is 2. The molecule has 0 bridgehead atoms. The van der Waals surface area contributed by atoms with Gasteiger partial charge in [0.05, 0.1) is 36.9 Å². The van der Waals surface area contributed by atoms with Crippen molar-refractivity contribution in [3.05, 3.63) is 36.3 Å². The zero-order valence-corrected chi connectivity index (χ0v) is 11.0. The normalized spacial score (nSPS) is 10.2. The number of nitrogens with zero attached hydrogens (tertiary/aromatic N) is 3. The summed E-state index contributed by atoms with van der Waals surface area (Å²) in [5.74, 6) is 1.53.